The van der Waals surface area contributed by atoms with E-state index in [2.05, 4.69) is 10.4 Å². The lowest BCUT2D eigenvalue weighted by molar-refractivity contribution is -0.137. The van der Waals surface area contributed by atoms with Gasteiger partial charge < -0.3 is 10.4 Å². The topological polar surface area (TPSA) is 84.2 Å². The number of amides is 1. The number of carbonyl (C=O) groups excluding carboxylic acids is 1. The molecule has 0 aliphatic heterocycles. The van der Waals surface area contributed by atoms with Gasteiger partial charge in [0, 0.05) is 11.9 Å². The lowest BCUT2D eigenvalue weighted by atomic mass is 10.0. The van der Waals surface area contributed by atoms with Gasteiger partial charge in [0.05, 0.1) is 23.2 Å². The Kier molecular flexibility index (Phi) is 5.90. The zero-order valence-electron chi connectivity index (χ0n) is 13.5. The van der Waals surface area contributed by atoms with E-state index in [1.54, 1.807) is 25.7 Å². The molecule has 0 radical (unpaired) electrons. The van der Waals surface area contributed by atoms with E-state index in [9.17, 15) is 9.59 Å². The van der Waals surface area contributed by atoms with Gasteiger partial charge in [-0.1, -0.05) is 23.7 Å². The van der Waals surface area contributed by atoms with E-state index in [1.165, 1.54) is 4.68 Å². The fourth-order valence-corrected chi connectivity index (χ4v) is 2.87. The van der Waals surface area contributed by atoms with Crippen LogP contribution >= 0.6 is 23.4 Å². The maximum atomic E-state index is 12.5. The average molecular weight is 368 g/mol. The van der Waals surface area contributed by atoms with Gasteiger partial charge in [0.25, 0.3) is 5.91 Å². The largest absolute Gasteiger partial charge is 0.481 e. The second kappa shape index (κ2) is 7.72. The number of thioether (sulfide) groups is 1. The first-order valence-electron chi connectivity index (χ1n) is 7.19. The molecule has 1 aromatic carbocycles. The van der Waals surface area contributed by atoms with Gasteiger partial charge in [-0.15, -0.1) is 11.8 Å². The molecule has 0 bridgehead atoms. The molecular formula is C16H18ClN3O3S. The van der Waals surface area contributed by atoms with Gasteiger partial charge in [-0.05, 0) is 30.9 Å². The molecule has 1 heterocycles. The molecule has 1 aromatic heterocycles. The summed E-state index contributed by atoms with van der Waals surface area (Å²) in [7, 11) is 1.69. The SMILES string of the molecule is CSc1ccc(C(CC(=O)O)NC(=O)c2nn(C)c(C)c2Cl)cc1. The minimum Gasteiger partial charge on any atom is -0.481 e. The molecule has 0 aliphatic carbocycles. The monoisotopic (exact) mass is 367 g/mol. The van der Waals surface area contributed by atoms with E-state index in [0.717, 1.165) is 4.90 Å². The van der Waals surface area contributed by atoms with Crippen molar-refractivity contribution in [3.8, 4) is 0 Å². The lowest BCUT2D eigenvalue weighted by Gasteiger charge is -2.17. The van der Waals surface area contributed by atoms with Crippen molar-refractivity contribution in [2.24, 2.45) is 7.05 Å². The molecule has 0 saturated carbocycles. The Morgan fingerprint density at radius 3 is 2.46 bits per heavy atom. The number of benzene rings is 1. The minimum atomic E-state index is -1.00. The Balaban J connectivity index is 2.25. The van der Waals surface area contributed by atoms with Gasteiger partial charge >= 0.3 is 5.97 Å². The number of rotatable bonds is 6. The molecular weight excluding hydrogens is 350 g/mol. The quantitative estimate of drug-likeness (QED) is 0.766. The number of aryl methyl sites for hydroxylation is 1. The van der Waals surface area contributed by atoms with Crippen molar-refractivity contribution >= 4 is 35.2 Å². The van der Waals surface area contributed by atoms with Crippen LogP contribution in [0.4, 0.5) is 0 Å². The van der Waals surface area contributed by atoms with Crippen molar-refractivity contribution in [3.63, 3.8) is 0 Å². The molecule has 2 aromatic rings. The van der Waals surface area contributed by atoms with Crippen LogP contribution in [0.15, 0.2) is 29.2 Å². The van der Waals surface area contributed by atoms with Gasteiger partial charge in [-0.3, -0.25) is 14.3 Å². The summed E-state index contributed by atoms with van der Waals surface area (Å²) < 4.78 is 1.51. The number of hydrogen-bond acceptors (Lipinski definition) is 4. The summed E-state index contributed by atoms with van der Waals surface area (Å²) in [6.07, 6.45) is 1.73. The Morgan fingerprint density at radius 2 is 2.00 bits per heavy atom. The highest BCUT2D eigenvalue weighted by atomic mass is 35.5. The number of aliphatic carboxylic acids is 1. The number of nitrogens with one attached hydrogen (secondary N) is 1. The molecule has 1 amide bonds. The van der Waals surface area contributed by atoms with E-state index in [4.69, 9.17) is 16.7 Å². The first-order valence-corrected chi connectivity index (χ1v) is 8.79. The van der Waals surface area contributed by atoms with Gasteiger partial charge in [0.15, 0.2) is 5.69 Å². The summed E-state index contributed by atoms with van der Waals surface area (Å²) in [6, 6.07) is 6.73. The van der Waals surface area contributed by atoms with Crippen LogP contribution in [0.25, 0.3) is 0 Å². The Hall–Kier alpha value is -1.99. The molecule has 0 aliphatic rings. The summed E-state index contributed by atoms with van der Waals surface area (Å²) >= 11 is 7.71. The molecule has 0 saturated heterocycles. The van der Waals surface area contributed by atoms with Gasteiger partial charge in [0.2, 0.25) is 0 Å². The second-order valence-electron chi connectivity index (χ2n) is 5.27. The lowest BCUT2D eigenvalue weighted by Crippen LogP contribution is -2.30. The highest BCUT2D eigenvalue weighted by Crippen LogP contribution is 2.24. The van der Waals surface area contributed by atoms with Crippen LogP contribution in [0.3, 0.4) is 0 Å². The van der Waals surface area contributed by atoms with Crippen molar-refractivity contribution < 1.29 is 14.7 Å². The third-order valence-corrected chi connectivity index (χ3v) is 4.87. The number of carboxylic acids is 1. The molecule has 2 rings (SSSR count). The van der Waals surface area contributed by atoms with Gasteiger partial charge in [-0.2, -0.15) is 5.10 Å². The van der Waals surface area contributed by atoms with Crippen LogP contribution in [-0.2, 0) is 11.8 Å². The third kappa shape index (κ3) is 4.10. The van der Waals surface area contributed by atoms with Crippen LogP contribution in [-0.4, -0.2) is 33.0 Å². The van der Waals surface area contributed by atoms with Crippen LogP contribution in [0.1, 0.15) is 34.2 Å². The number of carbonyl (C=O) groups is 2. The first kappa shape index (κ1) is 18.4. The Bertz CT molecular complexity index is 759. The second-order valence-corrected chi connectivity index (χ2v) is 6.53. The summed E-state index contributed by atoms with van der Waals surface area (Å²) in [6.45, 7) is 1.75. The van der Waals surface area contributed by atoms with E-state index in [0.29, 0.717) is 11.3 Å². The fourth-order valence-electron chi connectivity index (χ4n) is 2.22. The minimum absolute atomic E-state index is 0.0905. The van der Waals surface area contributed by atoms with Gasteiger partial charge in [0.1, 0.15) is 0 Å². The van der Waals surface area contributed by atoms with E-state index >= 15 is 0 Å². The Morgan fingerprint density at radius 1 is 1.38 bits per heavy atom. The van der Waals surface area contributed by atoms with Crippen LogP contribution < -0.4 is 5.32 Å². The maximum absolute atomic E-state index is 12.5. The normalized spacial score (nSPS) is 12.0. The van der Waals surface area contributed by atoms with Crippen molar-refractivity contribution in [3.05, 3.63) is 46.2 Å². The Labute approximate surface area is 149 Å². The van der Waals surface area contributed by atoms with E-state index < -0.39 is 17.9 Å². The smallest absolute Gasteiger partial charge is 0.305 e. The highest BCUT2D eigenvalue weighted by Gasteiger charge is 2.23. The summed E-state index contributed by atoms with van der Waals surface area (Å²) in [5, 5.41) is 16.2. The van der Waals surface area contributed by atoms with Crippen LogP contribution in [0.5, 0.6) is 0 Å². The number of halogens is 1. The molecule has 1 unspecified atom stereocenters. The highest BCUT2D eigenvalue weighted by molar-refractivity contribution is 7.98. The number of carboxylic acid groups (broad SMARTS) is 1. The van der Waals surface area contributed by atoms with Crippen molar-refractivity contribution in [2.75, 3.05) is 6.26 Å². The van der Waals surface area contributed by atoms with Crippen molar-refractivity contribution in [2.45, 2.75) is 24.3 Å². The predicted octanol–water partition coefficient (Wildman–Crippen LogP) is 3.05. The van der Waals surface area contributed by atoms with Crippen molar-refractivity contribution in [1.29, 1.82) is 0 Å². The van der Waals surface area contributed by atoms with Crippen LogP contribution in [0.2, 0.25) is 5.02 Å². The number of aromatic nitrogens is 2. The summed E-state index contributed by atoms with van der Waals surface area (Å²) in [4.78, 5) is 24.7. The summed E-state index contributed by atoms with van der Waals surface area (Å²) in [5.74, 6) is -1.50. The van der Waals surface area contributed by atoms with E-state index in [-0.39, 0.29) is 17.1 Å². The van der Waals surface area contributed by atoms with Crippen molar-refractivity contribution in [1.82, 2.24) is 15.1 Å². The standard InChI is InChI=1S/C16H18ClN3O3S/c1-9-14(17)15(19-20(9)2)16(23)18-12(8-13(21)22)10-4-6-11(24-3)7-5-10/h4-7,12H,8H2,1-3H3,(H,18,23)(H,21,22). The average Bonchev–Trinajstić information content (AvgIpc) is 2.81. The number of nitrogens with zero attached hydrogens (tertiary/aromatic N) is 2. The fraction of sp³-hybridized carbons (Fsp3) is 0.312. The predicted molar refractivity (Wildman–Crippen MR) is 93.6 cm³/mol. The maximum Gasteiger partial charge on any atom is 0.305 e. The molecule has 128 valence electrons. The molecule has 1 atom stereocenters. The molecule has 0 fully saturated rings. The van der Waals surface area contributed by atoms with E-state index in [1.807, 2.05) is 30.5 Å². The molecule has 2 N–H and O–H groups in total. The zero-order valence-corrected chi connectivity index (χ0v) is 15.1. The molecule has 0 spiro atoms. The summed E-state index contributed by atoms with van der Waals surface area (Å²) in [5.41, 5.74) is 1.47. The zero-order chi connectivity index (χ0) is 17.9. The number of hydrogen-bond donors (Lipinski definition) is 2. The molecule has 6 nitrogen and oxygen atoms in total. The first-order chi connectivity index (χ1) is 11.3. The third-order valence-electron chi connectivity index (χ3n) is 3.68. The molecule has 8 heteroatoms. The van der Waals surface area contributed by atoms with Crippen LogP contribution in [0, 0.1) is 6.92 Å². The molecule has 24 heavy (non-hydrogen) atoms. The van der Waals surface area contributed by atoms with Gasteiger partial charge in [-0.25, -0.2) is 0 Å².